The van der Waals surface area contributed by atoms with Crippen molar-refractivity contribution in [3.63, 3.8) is 0 Å². The minimum Gasteiger partial charge on any atom is -0.332 e. The normalized spacial score (nSPS) is 10.8. The monoisotopic (exact) mass is 344 g/mol. The molecule has 0 spiro atoms. The van der Waals surface area contributed by atoms with Gasteiger partial charge in [-0.1, -0.05) is 39.3 Å². The Morgan fingerprint density at radius 1 is 1.24 bits per heavy atom. The quantitative estimate of drug-likeness (QED) is 0.788. The average molecular weight is 345 g/mol. The van der Waals surface area contributed by atoms with Crippen LogP contribution in [0.1, 0.15) is 11.1 Å². The van der Waals surface area contributed by atoms with Crippen molar-refractivity contribution in [2.45, 2.75) is 13.5 Å². The molecule has 5 nitrogen and oxygen atoms in total. The smallest absolute Gasteiger partial charge is 0.276 e. The van der Waals surface area contributed by atoms with Crippen LogP contribution < -0.4 is 5.73 Å². The van der Waals surface area contributed by atoms with E-state index in [1.165, 1.54) is 0 Å². The van der Waals surface area contributed by atoms with Crippen LogP contribution in [0.2, 0.25) is 0 Å². The van der Waals surface area contributed by atoms with Crippen LogP contribution >= 0.6 is 15.9 Å². The number of aromatic nitrogens is 3. The Morgan fingerprint density at radius 3 is 2.76 bits per heavy atom. The highest BCUT2D eigenvalue weighted by atomic mass is 79.9. The summed E-state index contributed by atoms with van der Waals surface area (Å²) in [6.07, 6.45) is 1.71. The molecule has 2 aromatic heterocycles. The lowest BCUT2D eigenvalue weighted by Gasteiger charge is -1.99. The van der Waals surface area contributed by atoms with Crippen molar-refractivity contribution >= 4 is 15.9 Å². The van der Waals surface area contributed by atoms with Crippen LogP contribution in [0, 0.1) is 6.92 Å². The Hall–Kier alpha value is -2.05. The summed E-state index contributed by atoms with van der Waals surface area (Å²) in [5.41, 5.74) is 9.19. The van der Waals surface area contributed by atoms with E-state index >= 15 is 0 Å². The second-order valence-electron chi connectivity index (χ2n) is 4.64. The van der Waals surface area contributed by atoms with E-state index in [1.54, 1.807) is 6.20 Å². The van der Waals surface area contributed by atoms with Gasteiger partial charge >= 0.3 is 0 Å². The summed E-state index contributed by atoms with van der Waals surface area (Å²) in [7, 11) is 0. The van der Waals surface area contributed by atoms with Crippen LogP contribution in [0.3, 0.4) is 0 Å². The first-order chi connectivity index (χ1) is 10.2. The Labute approximate surface area is 130 Å². The van der Waals surface area contributed by atoms with Crippen LogP contribution in [0.5, 0.6) is 0 Å². The van der Waals surface area contributed by atoms with Gasteiger partial charge in [0, 0.05) is 22.8 Å². The summed E-state index contributed by atoms with van der Waals surface area (Å²) < 4.78 is 6.29. The van der Waals surface area contributed by atoms with Gasteiger partial charge < -0.3 is 10.3 Å². The molecule has 106 valence electrons. The molecule has 0 fully saturated rings. The molecule has 0 unspecified atom stereocenters. The Morgan fingerprint density at radius 2 is 2.10 bits per heavy atom. The molecular weight excluding hydrogens is 332 g/mol. The highest BCUT2D eigenvalue weighted by molar-refractivity contribution is 9.10. The molecule has 0 saturated heterocycles. The lowest BCUT2D eigenvalue weighted by Crippen LogP contribution is -1.96. The molecule has 1 aromatic carbocycles. The van der Waals surface area contributed by atoms with Crippen LogP contribution in [-0.2, 0) is 6.54 Å². The van der Waals surface area contributed by atoms with Gasteiger partial charge in [-0.2, -0.15) is 4.98 Å². The molecule has 0 bridgehead atoms. The van der Waals surface area contributed by atoms with E-state index in [1.807, 2.05) is 37.3 Å². The number of benzene rings is 1. The van der Waals surface area contributed by atoms with Crippen molar-refractivity contribution in [2.24, 2.45) is 5.73 Å². The van der Waals surface area contributed by atoms with Crippen molar-refractivity contribution < 1.29 is 4.52 Å². The maximum absolute atomic E-state index is 5.55. The van der Waals surface area contributed by atoms with Gasteiger partial charge in [0.2, 0.25) is 5.82 Å². The van der Waals surface area contributed by atoms with Gasteiger partial charge in [-0.25, -0.2) is 0 Å². The molecule has 0 aliphatic heterocycles. The van der Waals surface area contributed by atoms with Crippen molar-refractivity contribution in [2.75, 3.05) is 0 Å². The van der Waals surface area contributed by atoms with Crippen molar-refractivity contribution in [3.8, 4) is 23.0 Å². The lowest BCUT2D eigenvalue weighted by atomic mass is 10.1. The zero-order valence-corrected chi connectivity index (χ0v) is 13.0. The van der Waals surface area contributed by atoms with Gasteiger partial charge in [-0.15, -0.1) is 0 Å². The average Bonchev–Trinajstić information content (AvgIpc) is 3.00. The second-order valence-corrected chi connectivity index (χ2v) is 5.50. The summed E-state index contributed by atoms with van der Waals surface area (Å²) in [4.78, 5) is 8.66. The Kier molecular flexibility index (Phi) is 3.81. The highest BCUT2D eigenvalue weighted by Crippen LogP contribution is 2.25. The van der Waals surface area contributed by atoms with Crippen molar-refractivity contribution in [1.82, 2.24) is 15.1 Å². The maximum Gasteiger partial charge on any atom is 0.276 e. The minimum absolute atomic E-state index is 0.394. The molecule has 0 amide bonds. The number of hydrogen-bond donors (Lipinski definition) is 1. The molecule has 0 aliphatic carbocycles. The third kappa shape index (κ3) is 2.86. The van der Waals surface area contributed by atoms with E-state index < -0.39 is 0 Å². The number of hydrogen-bond acceptors (Lipinski definition) is 5. The van der Waals surface area contributed by atoms with E-state index in [0.717, 1.165) is 21.2 Å². The lowest BCUT2D eigenvalue weighted by molar-refractivity contribution is 0.431. The van der Waals surface area contributed by atoms with Crippen LogP contribution in [0.4, 0.5) is 0 Å². The first-order valence-electron chi connectivity index (χ1n) is 6.43. The number of rotatable bonds is 3. The molecule has 0 saturated carbocycles. The molecule has 0 atom stereocenters. The summed E-state index contributed by atoms with van der Waals surface area (Å²) in [5, 5.41) is 4.00. The fraction of sp³-hybridized carbons (Fsp3) is 0.133. The molecule has 3 aromatic rings. The molecule has 21 heavy (non-hydrogen) atoms. The number of nitrogens with two attached hydrogens (primary N) is 1. The summed E-state index contributed by atoms with van der Waals surface area (Å²) in [6.45, 7) is 2.48. The predicted molar refractivity (Wildman–Crippen MR) is 83.3 cm³/mol. The third-order valence-electron chi connectivity index (χ3n) is 3.14. The first-order valence-corrected chi connectivity index (χ1v) is 7.22. The van der Waals surface area contributed by atoms with E-state index in [9.17, 15) is 0 Å². The standard InChI is InChI=1S/C15H13BrN4O/c1-9-2-4-11(6-12(9)16)14-19-15(21-20-14)13-5-3-10(7-17)8-18-13/h2-6,8H,7,17H2,1H3. The van der Waals surface area contributed by atoms with E-state index in [4.69, 9.17) is 10.3 Å². The summed E-state index contributed by atoms with van der Waals surface area (Å²) >= 11 is 3.50. The van der Waals surface area contributed by atoms with Gasteiger partial charge in [-0.3, -0.25) is 4.98 Å². The molecular formula is C15H13BrN4O. The van der Waals surface area contributed by atoms with Gasteiger partial charge in [0.05, 0.1) is 0 Å². The molecule has 0 aliphatic rings. The fourth-order valence-electron chi connectivity index (χ4n) is 1.85. The molecule has 6 heteroatoms. The SMILES string of the molecule is Cc1ccc(-c2noc(-c3ccc(CN)cn3)n2)cc1Br. The zero-order valence-electron chi connectivity index (χ0n) is 11.4. The largest absolute Gasteiger partial charge is 0.332 e. The topological polar surface area (TPSA) is 77.8 Å². The van der Waals surface area contributed by atoms with E-state index in [0.29, 0.717) is 24.0 Å². The maximum atomic E-state index is 5.55. The van der Waals surface area contributed by atoms with Gasteiger partial charge in [-0.05, 0) is 30.2 Å². The second kappa shape index (κ2) is 5.75. The summed E-state index contributed by atoms with van der Waals surface area (Å²) in [6, 6.07) is 9.65. The number of nitrogens with zero attached hydrogens (tertiary/aromatic N) is 3. The van der Waals surface area contributed by atoms with Crippen LogP contribution in [0.15, 0.2) is 45.5 Å². The number of pyridine rings is 1. The number of halogens is 1. The van der Waals surface area contributed by atoms with Crippen molar-refractivity contribution in [3.05, 3.63) is 52.1 Å². The molecule has 2 N–H and O–H groups in total. The van der Waals surface area contributed by atoms with E-state index in [-0.39, 0.29) is 0 Å². The zero-order chi connectivity index (χ0) is 14.8. The molecule has 3 rings (SSSR count). The van der Waals surface area contributed by atoms with Gasteiger partial charge in [0.15, 0.2) is 0 Å². The van der Waals surface area contributed by atoms with Crippen LogP contribution in [-0.4, -0.2) is 15.1 Å². The molecule has 0 radical (unpaired) electrons. The predicted octanol–water partition coefficient (Wildman–Crippen LogP) is 3.33. The Balaban J connectivity index is 1.93. The molecule has 2 heterocycles. The van der Waals surface area contributed by atoms with Gasteiger partial charge in [0.25, 0.3) is 5.89 Å². The number of aryl methyl sites for hydroxylation is 1. The first kappa shape index (κ1) is 13.9. The van der Waals surface area contributed by atoms with Crippen molar-refractivity contribution in [1.29, 1.82) is 0 Å². The van der Waals surface area contributed by atoms with Gasteiger partial charge in [0.1, 0.15) is 5.69 Å². The third-order valence-corrected chi connectivity index (χ3v) is 3.99. The minimum atomic E-state index is 0.394. The summed E-state index contributed by atoms with van der Waals surface area (Å²) in [5.74, 6) is 0.931. The fourth-order valence-corrected chi connectivity index (χ4v) is 2.23. The van der Waals surface area contributed by atoms with E-state index in [2.05, 4.69) is 31.1 Å². The highest BCUT2D eigenvalue weighted by Gasteiger charge is 2.12. The van der Waals surface area contributed by atoms with Crippen LogP contribution in [0.25, 0.3) is 23.0 Å². The Bertz CT molecular complexity index is 768.